The molecule has 0 amide bonds. The maximum atomic E-state index is 13.9. The Balaban J connectivity index is 0.000000712. The van der Waals surface area contributed by atoms with E-state index in [1.54, 1.807) is 6.92 Å². The van der Waals surface area contributed by atoms with Crippen molar-refractivity contribution >= 4 is 0 Å². The van der Waals surface area contributed by atoms with Crippen LogP contribution in [0.1, 0.15) is 128 Å². The molecule has 0 nitrogen and oxygen atoms in total. The molecule has 0 N–H and O–H groups in total. The third-order valence-corrected chi connectivity index (χ3v) is 17.0. The zero-order chi connectivity index (χ0) is 96.7. The van der Waals surface area contributed by atoms with E-state index >= 15 is 0 Å². The standard InChI is InChI=1S/C14H5F9.C10H9F11.2C9H7F5.C9H8F4.C8H5F11.C8H7F9/c1-2-3-6(15)8(17)4(9(18)7(3)16)5-10(19)12(21)14(23)13(22)11(5)20;1-2-3-4-5(11)6(12,13)8(16,17)10(20,21)9(18,19)7(5,14)15;1-3(2)4-5(10)7(12)9(14)8(13)6(4)11;1-2-3-4-5(10)7(12)9(14)8(13)6(4)11;1-3-5-8(12)6(10)4(2)7(11)9(5)13;1-2-3(9)4(10,11)6(14,15)8(18,19)7(16,17)5(3,12)13;1-2-3-4-5(9,10)6(11,12)7(13,14)8(15,16)17/h2H2,1H3;2-4H2,1H3;3H,1-2H3;2-3H2,1H3;3H2,1-2H3;2H2,1H3;3-4H,2H2,1H3/b;;;;;;4-3+. The van der Waals surface area contributed by atoms with Crippen molar-refractivity contribution < 1.29 is 237 Å². The molecule has 5 aromatic carbocycles. The normalized spacial score (nSPS) is 18.5. The van der Waals surface area contributed by atoms with Crippen molar-refractivity contribution in [2.75, 3.05) is 0 Å². The Morgan fingerprint density at radius 1 is 0.281 bits per heavy atom. The summed E-state index contributed by atoms with van der Waals surface area (Å²) < 4.78 is 695. The first-order valence-corrected chi connectivity index (χ1v) is 32.2. The number of rotatable bonds is 14. The molecule has 0 bridgehead atoms. The maximum Gasteiger partial charge on any atom is 0.460 e. The van der Waals surface area contributed by atoms with Crippen LogP contribution >= 0.6 is 0 Å². The van der Waals surface area contributed by atoms with Crippen LogP contribution in [0.5, 0.6) is 0 Å². The zero-order valence-corrected chi connectivity index (χ0v) is 60.5. The Labute approximate surface area is 641 Å². The van der Waals surface area contributed by atoms with Gasteiger partial charge in [0.15, 0.2) is 116 Å². The molecular weight excluding hydrogens is 1830 g/mol. The van der Waals surface area contributed by atoms with E-state index in [0.29, 0.717) is 12.5 Å². The first-order chi connectivity index (χ1) is 54.0. The third kappa shape index (κ3) is 17.9. The van der Waals surface area contributed by atoms with Crippen LogP contribution in [0, 0.1) is 141 Å². The molecule has 7 rings (SSSR count). The van der Waals surface area contributed by atoms with Gasteiger partial charge in [0.25, 0.3) is 0 Å². The Kier molecular flexibility index (Phi) is 34.4. The van der Waals surface area contributed by atoms with Gasteiger partial charge in [-0.25, -0.2) is 110 Å². The number of allylic oxidation sites excluding steroid dienone is 2. The quantitative estimate of drug-likeness (QED) is 0.0450. The molecule has 0 aromatic heterocycles. The first-order valence-electron chi connectivity index (χ1n) is 32.2. The second-order valence-corrected chi connectivity index (χ2v) is 24.9. The van der Waals surface area contributed by atoms with Crippen molar-refractivity contribution in [3.8, 4) is 11.1 Å². The summed E-state index contributed by atoms with van der Waals surface area (Å²) >= 11 is 0. The molecule has 0 heterocycles. The van der Waals surface area contributed by atoms with Crippen LogP contribution in [0.3, 0.4) is 0 Å². The van der Waals surface area contributed by atoms with Gasteiger partial charge < -0.3 is 0 Å². The molecule has 5 aromatic rings. The van der Waals surface area contributed by atoms with E-state index < -0.39 is 305 Å². The van der Waals surface area contributed by atoms with Crippen molar-refractivity contribution in [2.45, 2.75) is 221 Å². The van der Waals surface area contributed by atoms with Gasteiger partial charge in [-0.1, -0.05) is 80.7 Å². The van der Waals surface area contributed by atoms with Gasteiger partial charge in [0.1, 0.15) is 0 Å². The summed E-state index contributed by atoms with van der Waals surface area (Å²) in [7, 11) is 0. The Hall–Kier alpha value is -7.94. The highest BCUT2D eigenvalue weighted by Gasteiger charge is 3.02. The molecule has 694 valence electrons. The van der Waals surface area contributed by atoms with Gasteiger partial charge in [0.05, 0.1) is 11.1 Å². The molecule has 2 aliphatic rings. The molecule has 0 radical (unpaired) electrons. The molecule has 54 heteroatoms. The van der Waals surface area contributed by atoms with Crippen molar-refractivity contribution in [3.63, 3.8) is 0 Å². The number of hydrogen-bond donors (Lipinski definition) is 0. The highest BCUT2D eigenvalue weighted by molar-refractivity contribution is 5.68. The molecule has 0 spiro atoms. The summed E-state index contributed by atoms with van der Waals surface area (Å²) in [5.74, 6) is -134. The van der Waals surface area contributed by atoms with Crippen LogP contribution in [-0.2, 0) is 19.3 Å². The fourth-order valence-corrected chi connectivity index (χ4v) is 9.89. The first kappa shape index (κ1) is 111. The van der Waals surface area contributed by atoms with Crippen LogP contribution in [0.2, 0.25) is 0 Å². The SMILES string of the molecule is CC(C)c1c(F)c(F)c(F)c(F)c1F.CC/C=C/C(F)(F)C(F)(F)C(F)(F)C(F)(F)F.CCC1(F)C(F)(F)C(F)(F)C(F)(F)C(F)(F)C1(F)F.CCCCC1(F)C(F)(F)C(F)(F)C(F)(F)C(F)(F)C1(F)F.CCCc1c(F)c(F)c(F)c(F)c1F.CCc1c(F)c(F)c(-c2c(F)c(F)c(F)c(F)c2F)c(F)c1F.CCc1c(F)c(F)c(C)c(F)c1F. The number of halogens is 54. The lowest BCUT2D eigenvalue weighted by Crippen LogP contribution is -2.83. The van der Waals surface area contributed by atoms with Crippen LogP contribution < -0.4 is 0 Å². The second kappa shape index (κ2) is 37.5. The van der Waals surface area contributed by atoms with E-state index in [-0.39, 0.29) is 32.6 Å². The van der Waals surface area contributed by atoms with Crippen LogP contribution in [0.4, 0.5) is 237 Å². The number of hydrogen-bond acceptors (Lipinski definition) is 0. The van der Waals surface area contributed by atoms with Crippen molar-refractivity contribution in [2.24, 2.45) is 0 Å². The van der Waals surface area contributed by atoms with Gasteiger partial charge in [-0.05, 0) is 57.4 Å². The highest BCUT2D eigenvalue weighted by atomic mass is 19.4. The molecule has 2 fully saturated rings. The molecular formula is C67H48F54. The van der Waals surface area contributed by atoms with Gasteiger partial charge in [-0.15, -0.1) is 0 Å². The lowest BCUT2D eigenvalue weighted by Gasteiger charge is -2.52. The molecule has 0 atom stereocenters. The second-order valence-electron chi connectivity index (χ2n) is 24.9. The summed E-state index contributed by atoms with van der Waals surface area (Å²) in [5.41, 5.74) is -19.5. The average Bonchev–Trinajstić information content (AvgIpc) is 0.668. The molecule has 0 saturated heterocycles. The summed E-state index contributed by atoms with van der Waals surface area (Å²) in [6.07, 6.45) is -13.3. The molecule has 2 aliphatic carbocycles. The Bertz CT molecular complexity index is 4310. The summed E-state index contributed by atoms with van der Waals surface area (Å²) in [4.78, 5) is 0. The van der Waals surface area contributed by atoms with Crippen molar-refractivity contribution in [1.29, 1.82) is 0 Å². The fraction of sp³-hybridized carbons (Fsp3) is 0.522. The van der Waals surface area contributed by atoms with E-state index in [2.05, 4.69) is 0 Å². The van der Waals surface area contributed by atoms with Gasteiger partial charge in [0, 0.05) is 27.8 Å². The van der Waals surface area contributed by atoms with E-state index in [1.165, 1.54) is 27.7 Å². The maximum absolute atomic E-state index is 13.9. The molecule has 121 heavy (non-hydrogen) atoms. The van der Waals surface area contributed by atoms with Crippen LogP contribution in [0.15, 0.2) is 12.2 Å². The van der Waals surface area contributed by atoms with E-state index in [4.69, 9.17) is 0 Å². The smallest absolute Gasteiger partial charge is 0.230 e. The number of benzene rings is 5. The number of unbranched alkanes of at least 4 members (excludes halogenated alkanes) is 1. The lowest BCUT2D eigenvalue weighted by atomic mass is 9.70. The van der Waals surface area contributed by atoms with Crippen molar-refractivity contribution in [3.05, 3.63) is 174 Å². The monoisotopic (exact) mass is 1880 g/mol. The fourth-order valence-electron chi connectivity index (χ4n) is 9.89. The highest BCUT2D eigenvalue weighted by Crippen LogP contribution is 2.72. The molecule has 0 aliphatic heterocycles. The van der Waals surface area contributed by atoms with E-state index in [1.807, 2.05) is 0 Å². The summed E-state index contributed by atoms with van der Waals surface area (Å²) in [5, 5.41) is 0. The predicted octanol–water partition coefficient (Wildman–Crippen LogP) is 28.9. The van der Waals surface area contributed by atoms with Gasteiger partial charge >= 0.3 is 83.2 Å². The minimum atomic E-state index is -7.12. The van der Waals surface area contributed by atoms with Crippen LogP contribution in [0.25, 0.3) is 11.1 Å². The Morgan fingerprint density at radius 3 is 0.769 bits per heavy atom. The zero-order valence-electron chi connectivity index (χ0n) is 60.5. The largest absolute Gasteiger partial charge is 0.460 e. The molecule has 0 unspecified atom stereocenters. The lowest BCUT2D eigenvalue weighted by molar-refractivity contribution is -0.485. The topological polar surface area (TPSA) is 0 Å². The summed E-state index contributed by atoms with van der Waals surface area (Å²) in [6, 6.07) is 0. The van der Waals surface area contributed by atoms with Gasteiger partial charge in [-0.2, -0.15) is 127 Å². The van der Waals surface area contributed by atoms with E-state index in [9.17, 15) is 237 Å². The average molecular weight is 1880 g/mol. The minimum absolute atomic E-state index is 0.0776. The van der Waals surface area contributed by atoms with Crippen molar-refractivity contribution in [1.82, 2.24) is 0 Å². The number of alkyl halides is 31. The van der Waals surface area contributed by atoms with Crippen LogP contribution in [-0.4, -0.2) is 94.5 Å². The van der Waals surface area contributed by atoms with E-state index in [0.717, 1.165) is 20.8 Å². The summed E-state index contributed by atoms with van der Waals surface area (Å²) in [6.45, 7) is 10.3. The molecule has 2 saturated carbocycles. The third-order valence-electron chi connectivity index (χ3n) is 17.0. The van der Waals surface area contributed by atoms with Gasteiger partial charge in [-0.3, -0.25) is 0 Å². The minimum Gasteiger partial charge on any atom is -0.230 e. The van der Waals surface area contributed by atoms with Gasteiger partial charge in [0.2, 0.25) is 28.8 Å². The Morgan fingerprint density at radius 2 is 0.521 bits per heavy atom. The predicted molar refractivity (Wildman–Crippen MR) is 309 cm³/mol.